The van der Waals surface area contributed by atoms with Crippen LogP contribution in [-0.4, -0.2) is 35.1 Å². The Morgan fingerprint density at radius 1 is 1.50 bits per heavy atom. The monoisotopic (exact) mass is 267 g/mol. The minimum atomic E-state index is -0.0513. The van der Waals surface area contributed by atoms with Crippen molar-refractivity contribution >= 4 is 17.5 Å². The zero-order chi connectivity index (χ0) is 13.1. The highest BCUT2D eigenvalue weighted by Gasteiger charge is 2.27. The Kier molecular flexibility index (Phi) is 4.25. The third-order valence-electron chi connectivity index (χ3n) is 3.60. The van der Waals surface area contributed by atoms with Crippen LogP contribution in [0.4, 0.5) is 0 Å². The van der Waals surface area contributed by atoms with E-state index in [1.807, 2.05) is 6.92 Å². The molecule has 18 heavy (non-hydrogen) atoms. The van der Waals surface area contributed by atoms with Crippen LogP contribution in [0.3, 0.4) is 0 Å². The van der Waals surface area contributed by atoms with Gasteiger partial charge in [0, 0.05) is 17.1 Å². The van der Waals surface area contributed by atoms with Crippen LogP contribution in [0, 0.1) is 6.92 Å². The molecule has 0 spiro atoms. The van der Waals surface area contributed by atoms with Gasteiger partial charge in [0.05, 0.1) is 12.6 Å². The Hall–Kier alpha value is -1.06. The minimum Gasteiger partial charge on any atom is -0.394 e. The molecule has 1 heterocycles. The number of amides is 1. The van der Waals surface area contributed by atoms with Crippen LogP contribution in [0.15, 0.2) is 18.2 Å². The van der Waals surface area contributed by atoms with Crippen LogP contribution in [0.2, 0.25) is 5.02 Å². The zero-order valence-electron chi connectivity index (χ0n) is 10.5. The number of carbonyl (C=O) groups excluding carboxylic acids is 1. The van der Waals surface area contributed by atoms with Crippen molar-refractivity contribution in [2.75, 3.05) is 13.2 Å². The fraction of sp³-hybridized carbons (Fsp3) is 0.500. The third-order valence-corrected chi connectivity index (χ3v) is 4.01. The molecular formula is C14H18ClNO2. The molecule has 1 N–H and O–H groups in total. The number of carbonyl (C=O) groups is 1. The van der Waals surface area contributed by atoms with Gasteiger partial charge in [-0.25, -0.2) is 0 Å². The van der Waals surface area contributed by atoms with Crippen molar-refractivity contribution in [2.45, 2.75) is 32.2 Å². The van der Waals surface area contributed by atoms with E-state index < -0.39 is 0 Å². The fourth-order valence-corrected chi connectivity index (χ4v) is 2.63. The van der Waals surface area contributed by atoms with Crippen LogP contribution in [0.5, 0.6) is 0 Å². The molecule has 0 saturated carbocycles. The molecule has 4 heteroatoms. The summed E-state index contributed by atoms with van der Waals surface area (Å²) < 4.78 is 0. The number of hydrogen-bond donors (Lipinski definition) is 1. The summed E-state index contributed by atoms with van der Waals surface area (Å²) in [4.78, 5) is 14.3. The average Bonchev–Trinajstić information content (AvgIpc) is 2.41. The van der Waals surface area contributed by atoms with Crippen molar-refractivity contribution < 1.29 is 9.90 Å². The van der Waals surface area contributed by atoms with E-state index in [4.69, 9.17) is 11.6 Å². The Morgan fingerprint density at radius 2 is 2.28 bits per heavy atom. The van der Waals surface area contributed by atoms with Crippen molar-refractivity contribution in [2.24, 2.45) is 0 Å². The number of rotatable bonds is 2. The first-order valence-electron chi connectivity index (χ1n) is 6.32. The Bertz CT molecular complexity index is 447. The first-order valence-corrected chi connectivity index (χ1v) is 6.70. The van der Waals surface area contributed by atoms with Crippen molar-refractivity contribution in [3.05, 3.63) is 34.3 Å². The van der Waals surface area contributed by atoms with Gasteiger partial charge >= 0.3 is 0 Å². The van der Waals surface area contributed by atoms with Crippen LogP contribution in [0.1, 0.15) is 35.2 Å². The van der Waals surface area contributed by atoms with Crippen molar-refractivity contribution in [3.63, 3.8) is 0 Å². The molecule has 1 amide bonds. The molecule has 98 valence electrons. The summed E-state index contributed by atoms with van der Waals surface area (Å²) in [6.07, 6.45) is 2.95. The van der Waals surface area contributed by atoms with Gasteiger partial charge in [-0.3, -0.25) is 4.79 Å². The van der Waals surface area contributed by atoms with Gasteiger partial charge in [-0.05, 0) is 43.9 Å². The van der Waals surface area contributed by atoms with Gasteiger partial charge in [0.25, 0.3) is 5.91 Å². The summed E-state index contributed by atoms with van der Waals surface area (Å²) in [7, 11) is 0. The Labute approximate surface area is 112 Å². The molecule has 1 saturated heterocycles. The van der Waals surface area contributed by atoms with E-state index in [2.05, 4.69) is 0 Å². The van der Waals surface area contributed by atoms with Crippen molar-refractivity contribution in [3.8, 4) is 0 Å². The number of piperidine rings is 1. The van der Waals surface area contributed by atoms with Gasteiger partial charge in [0.2, 0.25) is 0 Å². The maximum absolute atomic E-state index is 12.5. The number of benzene rings is 1. The fourth-order valence-electron chi connectivity index (χ4n) is 2.45. The zero-order valence-corrected chi connectivity index (χ0v) is 11.3. The normalized spacial score (nSPS) is 19.9. The number of likely N-dealkylation sites (tertiary alicyclic amines) is 1. The van der Waals surface area contributed by atoms with Gasteiger partial charge in [0.15, 0.2) is 0 Å². The number of aliphatic hydroxyl groups is 1. The molecule has 1 atom stereocenters. The number of aliphatic hydroxyl groups excluding tert-OH is 1. The van der Waals surface area contributed by atoms with Gasteiger partial charge in [-0.15, -0.1) is 0 Å². The Morgan fingerprint density at radius 3 is 3.00 bits per heavy atom. The van der Waals surface area contributed by atoms with Crippen LogP contribution in [0.25, 0.3) is 0 Å². The average molecular weight is 268 g/mol. The maximum Gasteiger partial charge on any atom is 0.254 e. The second-order valence-electron chi connectivity index (χ2n) is 4.74. The van der Waals surface area contributed by atoms with Crippen molar-refractivity contribution in [1.29, 1.82) is 0 Å². The van der Waals surface area contributed by atoms with Crippen LogP contribution < -0.4 is 0 Å². The molecule has 0 radical (unpaired) electrons. The predicted octanol–water partition coefficient (Wildman–Crippen LogP) is 2.64. The molecule has 0 bridgehead atoms. The highest BCUT2D eigenvalue weighted by molar-refractivity contribution is 6.31. The summed E-state index contributed by atoms with van der Waals surface area (Å²) in [6, 6.07) is 5.32. The van der Waals surface area contributed by atoms with E-state index in [9.17, 15) is 9.90 Å². The summed E-state index contributed by atoms with van der Waals surface area (Å²) in [5.74, 6) is -0.0197. The molecule has 1 unspecified atom stereocenters. The third kappa shape index (κ3) is 2.52. The van der Waals surface area contributed by atoms with Gasteiger partial charge < -0.3 is 10.0 Å². The topological polar surface area (TPSA) is 40.5 Å². The molecule has 2 rings (SSSR count). The molecule has 1 aliphatic rings. The van der Waals surface area contributed by atoms with E-state index >= 15 is 0 Å². The standard InChI is InChI=1S/C14H18ClNO2/c1-10-12(6-4-7-13(10)15)14(18)16-8-3-2-5-11(16)9-17/h4,6-7,11,17H,2-3,5,8-9H2,1H3. The van der Waals surface area contributed by atoms with E-state index in [0.29, 0.717) is 10.6 Å². The Balaban J connectivity index is 2.27. The largest absolute Gasteiger partial charge is 0.394 e. The number of hydrogen-bond acceptors (Lipinski definition) is 2. The van der Waals surface area contributed by atoms with Crippen LogP contribution >= 0.6 is 11.6 Å². The summed E-state index contributed by atoms with van der Waals surface area (Å²) in [5, 5.41) is 9.97. The van der Waals surface area contributed by atoms with E-state index in [-0.39, 0.29) is 18.6 Å². The lowest BCUT2D eigenvalue weighted by Crippen LogP contribution is -2.45. The summed E-state index contributed by atoms with van der Waals surface area (Å²) in [5.41, 5.74) is 1.45. The molecule has 1 fully saturated rings. The maximum atomic E-state index is 12.5. The molecule has 1 aromatic carbocycles. The number of nitrogens with zero attached hydrogens (tertiary/aromatic N) is 1. The predicted molar refractivity (Wildman–Crippen MR) is 72.0 cm³/mol. The lowest BCUT2D eigenvalue weighted by atomic mass is 10.00. The van der Waals surface area contributed by atoms with Gasteiger partial charge in [0.1, 0.15) is 0 Å². The lowest BCUT2D eigenvalue weighted by molar-refractivity contribution is 0.0502. The lowest BCUT2D eigenvalue weighted by Gasteiger charge is -2.35. The smallest absolute Gasteiger partial charge is 0.254 e. The van der Waals surface area contributed by atoms with Gasteiger partial charge in [-0.1, -0.05) is 17.7 Å². The quantitative estimate of drug-likeness (QED) is 0.895. The minimum absolute atomic E-state index is 0.0197. The van der Waals surface area contributed by atoms with E-state index in [1.165, 1.54) is 0 Å². The molecular weight excluding hydrogens is 250 g/mol. The number of halogens is 1. The van der Waals surface area contributed by atoms with E-state index in [1.54, 1.807) is 23.1 Å². The first kappa shape index (κ1) is 13.4. The van der Waals surface area contributed by atoms with Crippen LogP contribution in [-0.2, 0) is 0 Å². The highest BCUT2D eigenvalue weighted by Crippen LogP contribution is 2.24. The second-order valence-corrected chi connectivity index (χ2v) is 5.15. The summed E-state index contributed by atoms with van der Waals surface area (Å²) >= 11 is 6.05. The first-order chi connectivity index (χ1) is 8.65. The molecule has 1 aliphatic heterocycles. The molecule has 0 aliphatic carbocycles. The molecule has 0 aromatic heterocycles. The van der Waals surface area contributed by atoms with Crippen molar-refractivity contribution in [1.82, 2.24) is 4.90 Å². The van der Waals surface area contributed by atoms with E-state index in [0.717, 1.165) is 31.4 Å². The summed E-state index contributed by atoms with van der Waals surface area (Å²) in [6.45, 7) is 2.61. The SMILES string of the molecule is Cc1c(Cl)cccc1C(=O)N1CCCCC1CO. The highest BCUT2D eigenvalue weighted by atomic mass is 35.5. The second kappa shape index (κ2) is 5.72. The van der Waals surface area contributed by atoms with Gasteiger partial charge in [-0.2, -0.15) is 0 Å². The molecule has 3 nitrogen and oxygen atoms in total. The molecule has 1 aromatic rings.